The molecule has 0 radical (unpaired) electrons. The largest absolute Gasteiger partial charge is 0.335 e. The van der Waals surface area contributed by atoms with Crippen LogP contribution >= 0.6 is 11.8 Å². The van der Waals surface area contributed by atoms with E-state index in [1.165, 1.54) is 34.1 Å². The maximum absolute atomic E-state index is 13.3. The highest BCUT2D eigenvalue weighted by Crippen LogP contribution is 2.24. The summed E-state index contributed by atoms with van der Waals surface area (Å²) >= 11 is 1.49. The van der Waals surface area contributed by atoms with E-state index in [-0.39, 0.29) is 5.82 Å². The van der Waals surface area contributed by atoms with Crippen LogP contribution in [0.1, 0.15) is 5.56 Å². The highest BCUT2D eigenvalue weighted by atomic mass is 32.2. The summed E-state index contributed by atoms with van der Waals surface area (Å²) in [6.45, 7) is 0. The standard InChI is InChI=1S/C15H13FN4S/c16-13-8-4-7-12(9-13)14-18-19-15(20(14)17)21-10-11-5-2-1-3-6-11/h1-9H,10,17H2. The van der Waals surface area contributed by atoms with E-state index >= 15 is 0 Å². The van der Waals surface area contributed by atoms with Gasteiger partial charge in [-0.1, -0.05) is 54.2 Å². The number of rotatable bonds is 4. The van der Waals surface area contributed by atoms with Crippen LogP contribution in [0, 0.1) is 5.82 Å². The van der Waals surface area contributed by atoms with Gasteiger partial charge >= 0.3 is 0 Å². The van der Waals surface area contributed by atoms with Crippen molar-refractivity contribution in [3.05, 3.63) is 66.0 Å². The summed E-state index contributed by atoms with van der Waals surface area (Å²) in [4.78, 5) is 0. The van der Waals surface area contributed by atoms with Crippen molar-refractivity contribution in [3.63, 3.8) is 0 Å². The number of benzene rings is 2. The van der Waals surface area contributed by atoms with Gasteiger partial charge < -0.3 is 5.84 Å². The summed E-state index contributed by atoms with van der Waals surface area (Å²) in [5, 5.41) is 8.70. The molecule has 0 amide bonds. The highest BCUT2D eigenvalue weighted by Gasteiger charge is 2.12. The van der Waals surface area contributed by atoms with E-state index in [1.54, 1.807) is 12.1 Å². The fraction of sp³-hybridized carbons (Fsp3) is 0.0667. The molecule has 0 saturated carbocycles. The van der Waals surface area contributed by atoms with Crippen LogP contribution in [0.3, 0.4) is 0 Å². The molecule has 0 atom stereocenters. The molecule has 2 N–H and O–H groups in total. The molecule has 0 spiro atoms. The van der Waals surface area contributed by atoms with E-state index in [0.29, 0.717) is 16.5 Å². The first kappa shape index (κ1) is 13.6. The molecular formula is C15H13FN4S. The zero-order valence-electron chi connectivity index (χ0n) is 11.1. The van der Waals surface area contributed by atoms with E-state index in [9.17, 15) is 4.39 Å². The van der Waals surface area contributed by atoms with Gasteiger partial charge in [0.25, 0.3) is 0 Å². The SMILES string of the molecule is Nn1c(SCc2ccccc2)nnc1-c1cccc(F)c1. The van der Waals surface area contributed by atoms with Crippen LogP contribution in [0.15, 0.2) is 59.8 Å². The summed E-state index contributed by atoms with van der Waals surface area (Å²) in [5.74, 6) is 6.87. The first-order chi connectivity index (χ1) is 10.2. The van der Waals surface area contributed by atoms with Gasteiger partial charge in [0, 0.05) is 11.3 Å². The van der Waals surface area contributed by atoms with Gasteiger partial charge in [-0.3, -0.25) is 0 Å². The van der Waals surface area contributed by atoms with Crippen molar-refractivity contribution in [1.82, 2.24) is 14.9 Å². The minimum atomic E-state index is -0.325. The van der Waals surface area contributed by atoms with Crippen LogP contribution in [-0.4, -0.2) is 14.9 Å². The Kier molecular flexibility index (Phi) is 3.87. The Labute approximate surface area is 125 Å². The lowest BCUT2D eigenvalue weighted by Gasteiger charge is -2.04. The van der Waals surface area contributed by atoms with E-state index in [2.05, 4.69) is 10.2 Å². The molecular weight excluding hydrogens is 287 g/mol. The van der Waals surface area contributed by atoms with Crippen molar-refractivity contribution in [2.75, 3.05) is 5.84 Å². The molecule has 6 heteroatoms. The lowest BCUT2D eigenvalue weighted by molar-refractivity contribution is 0.628. The first-order valence-electron chi connectivity index (χ1n) is 6.37. The normalized spacial score (nSPS) is 10.7. The number of nitrogens with two attached hydrogens (primary N) is 1. The summed E-state index contributed by atoms with van der Waals surface area (Å²) in [6, 6.07) is 16.2. The number of nitrogen functional groups attached to an aromatic ring is 1. The first-order valence-corrected chi connectivity index (χ1v) is 7.36. The third kappa shape index (κ3) is 3.05. The lowest BCUT2D eigenvalue weighted by Crippen LogP contribution is -2.11. The molecule has 4 nitrogen and oxygen atoms in total. The molecule has 0 aliphatic heterocycles. The Morgan fingerprint density at radius 2 is 1.86 bits per heavy atom. The molecule has 0 unspecified atom stereocenters. The molecule has 3 aromatic rings. The number of hydrogen-bond donors (Lipinski definition) is 1. The molecule has 1 heterocycles. The number of nitrogens with zero attached hydrogens (tertiary/aromatic N) is 3. The van der Waals surface area contributed by atoms with E-state index in [0.717, 1.165) is 5.75 Å². The fourth-order valence-electron chi connectivity index (χ4n) is 1.92. The number of hydrogen-bond acceptors (Lipinski definition) is 4. The van der Waals surface area contributed by atoms with E-state index < -0.39 is 0 Å². The third-order valence-corrected chi connectivity index (χ3v) is 3.97. The average Bonchev–Trinajstić information content (AvgIpc) is 2.87. The molecule has 0 aliphatic carbocycles. The topological polar surface area (TPSA) is 56.7 Å². The van der Waals surface area contributed by atoms with Crippen molar-refractivity contribution in [3.8, 4) is 11.4 Å². The van der Waals surface area contributed by atoms with Gasteiger partial charge in [-0.05, 0) is 17.7 Å². The maximum Gasteiger partial charge on any atom is 0.210 e. The summed E-state index contributed by atoms with van der Waals surface area (Å²) in [6.07, 6.45) is 0. The van der Waals surface area contributed by atoms with E-state index in [4.69, 9.17) is 5.84 Å². The minimum absolute atomic E-state index is 0.325. The van der Waals surface area contributed by atoms with Gasteiger partial charge in [0.15, 0.2) is 5.82 Å². The minimum Gasteiger partial charge on any atom is -0.335 e. The molecule has 0 saturated heterocycles. The Morgan fingerprint density at radius 1 is 1.05 bits per heavy atom. The van der Waals surface area contributed by atoms with E-state index in [1.807, 2.05) is 30.3 Å². The molecule has 0 aliphatic rings. The van der Waals surface area contributed by atoms with Crippen LogP contribution < -0.4 is 5.84 Å². The number of thioether (sulfide) groups is 1. The van der Waals surface area contributed by atoms with Gasteiger partial charge in [0.1, 0.15) is 5.82 Å². The van der Waals surface area contributed by atoms with Gasteiger partial charge in [-0.2, -0.15) is 0 Å². The zero-order chi connectivity index (χ0) is 14.7. The van der Waals surface area contributed by atoms with Crippen LogP contribution in [0.2, 0.25) is 0 Å². The molecule has 3 rings (SSSR count). The second-order valence-corrected chi connectivity index (χ2v) is 5.40. The lowest BCUT2D eigenvalue weighted by atomic mass is 10.2. The Balaban J connectivity index is 1.80. The van der Waals surface area contributed by atoms with Gasteiger partial charge in [0.2, 0.25) is 5.16 Å². The molecule has 2 aromatic carbocycles. The summed E-state index contributed by atoms with van der Waals surface area (Å²) in [7, 11) is 0. The quantitative estimate of drug-likeness (QED) is 0.594. The predicted molar refractivity (Wildman–Crippen MR) is 81.6 cm³/mol. The average molecular weight is 300 g/mol. The van der Waals surface area contributed by atoms with Crippen LogP contribution in [0.5, 0.6) is 0 Å². The zero-order valence-corrected chi connectivity index (χ0v) is 11.9. The summed E-state index contributed by atoms with van der Waals surface area (Å²) < 4.78 is 14.6. The van der Waals surface area contributed by atoms with Crippen molar-refractivity contribution < 1.29 is 4.39 Å². The smallest absolute Gasteiger partial charge is 0.210 e. The van der Waals surface area contributed by atoms with Crippen LogP contribution in [0.25, 0.3) is 11.4 Å². The fourth-order valence-corrected chi connectivity index (χ4v) is 2.73. The number of halogens is 1. The van der Waals surface area contributed by atoms with Crippen molar-refractivity contribution in [2.45, 2.75) is 10.9 Å². The second-order valence-electron chi connectivity index (χ2n) is 4.46. The van der Waals surface area contributed by atoms with Gasteiger partial charge in [-0.15, -0.1) is 10.2 Å². The molecule has 0 bridgehead atoms. The van der Waals surface area contributed by atoms with Gasteiger partial charge in [0.05, 0.1) is 0 Å². The Morgan fingerprint density at radius 3 is 2.62 bits per heavy atom. The second kappa shape index (κ2) is 5.97. The van der Waals surface area contributed by atoms with Crippen LogP contribution in [0.4, 0.5) is 4.39 Å². The van der Waals surface area contributed by atoms with Crippen molar-refractivity contribution in [2.24, 2.45) is 0 Å². The van der Waals surface area contributed by atoms with Crippen molar-refractivity contribution >= 4 is 11.8 Å². The maximum atomic E-state index is 13.3. The van der Waals surface area contributed by atoms with Crippen molar-refractivity contribution in [1.29, 1.82) is 0 Å². The van der Waals surface area contributed by atoms with Gasteiger partial charge in [-0.25, -0.2) is 9.07 Å². The Hall–Kier alpha value is -2.34. The molecule has 0 fully saturated rings. The highest BCUT2D eigenvalue weighted by molar-refractivity contribution is 7.98. The Bertz CT molecular complexity index is 742. The van der Waals surface area contributed by atoms with Crippen LogP contribution in [-0.2, 0) is 5.75 Å². The number of aromatic nitrogens is 3. The molecule has 1 aromatic heterocycles. The third-order valence-electron chi connectivity index (χ3n) is 2.96. The predicted octanol–water partition coefficient (Wildman–Crippen LogP) is 3.09. The summed E-state index contributed by atoms with van der Waals surface area (Å²) in [5.41, 5.74) is 1.79. The molecule has 106 valence electrons. The molecule has 21 heavy (non-hydrogen) atoms. The monoisotopic (exact) mass is 300 g/mol.